The third-order valence-electron chi connectivity index (χ3n) is 3.00. The van der Waals surface area contributed by atoms with Gasteiger partial charge in [0.05, 0.1) is 6.04 Å². The Bertz CT molecular complexity index is 433. The van der Waals surface area contributed by atoms with Gasteiger partial charge < -0.3 is 20.1 Å². The van der Waals surface area contributed by atoms with Gasteiger partial charge in [0, 0.05) is 19.9 Å². The van der Waals surface area contributed by atoms with Crippen LogP contribution in [-0.4, -0.2) is 31.7 Å². The number of aryl methyl sites for hydroxylation is 2. The first kappa shape index (κ1) is 15.9. The summed E-state index contributed by atoms with van der Waals surface area (Å²) in [5.41, 5.74) is 3.46. The normalized spacial score (nSPS) is 12.3. The first-order valence-corrected chi connectivity index (χ1v) is 6.59. The van der Waals surface area contributed by atoms with Gasteiger partial charge in [0.15, 0.2) is 11.4 Å². The zero-order valence-corrected chi connectivity index (χ0v) is 12.9. The molecule has 0 aliphatic rings. The fraction of sp³-hybridized carbons (Fsp3) is 0.500. The van der Waals surface area contributed by atoms with E-state index in [4.69, 9.17) is 21.7 Å². The summed E-state index contributed by atoms with van der Waals surface area (Å²) in [6.07, 6.45) is -0.334. The molecule has 0 heterocycles. The molecule has 0 amide bonds. The summed E-state index contributed by atoms with van der Waals surface area (Å²) < 4.78 is 10.4. The van der Waals surface area contributed by atoms with Crippen LogP contribution in [0, 0.1) is 13.8 Å². The molecule has 106 valence electrons. The van der Waals surface area contributed by atoms with Crippen LogP contribution in [0.2, 0.25) is 0 Å². The SMILES string of the molecule is COC(OC)C(C)NC(=S)Nc1ccc(C)c(C)c1. The molecule has 0 spiro atoms. The average molecular weight is 282 g/mol. The second-order valence-corrected chi connectivity index (χ2v) is 4.93. The van der Waals surface area contributed by atoms with Gasteiger partial charge in [-0.15, -0.1) is 0 Å². The Morgan fingerprint density at radius 3 is 2.32 bits per heavy atom. The van der Waals surface area contributed by atoms with Gasteiger partial charge >= 0.3 is 0 Å². The standard InChI is InChI=1S/C14H22N2O2S/c1-9-6-7-12(8-10(9)2)16-14(19)15-11(3)13(17-4)18-5/h6-8,11,13H,1-5H3,(H2,15,16,19). The smallest absolute Gasteiger partial charge is 0.176 e. The van der Waals surface area contributed by atoms with Crippen LogP contribution in [0.15, 0.2) is 18.2 Å². The van der Waals surface area contributed by atoms with Crippen molar-refractivity contribution in [3.63, 3.8) is 0 Å². The number of ether oxygens (including phenoxy) is 2. The fourth-order valence-electron chi connectivity index (χ4n) is 1.77. The van der Waals surface area contributed by atoms with E-state index >= 15 is 0 Å². The molecule has 0 saturated heterocycles. The highest BCUT2D eigenvalue weighted by Gasteiger charge is 2.16. The van der Waals surface area contributed by atoms with Crippen molar-refractivity contribution in [1.29, 1.82) is 0 Å². The van der Waals surface area contributed by atoms with Crippen molar-refractivity contribution in [3.8, 4) is 0 Å². The number of benzene rings is 1. The van der Waals surface area contributed by atoms with E-state index in [2.05, 4.69) is 36.6 Å². The first-order valence-electron chi connectivity index (χ1n) is 6.18. The first-order chi connectivity index (χ1) is 8.97. The molecule has 5 heteroatoms. The van der Waals surface area contributed by atoms with Gasteiger partial charge in [-0.3, -0.25) is 0 Å². The maximum Gasteiger partial charge on any atom is 0.176 e. The van der Waals surface area contributed by atoms with Crippen LogP contribution < -0.4 is 10.6 Å². The van der Waals surface area contributed by atoms with Crippen LogP contribution in [-0.2, 0) is 9.47 Å². The minimum absolute atomic E-state index is 0.0402. The highest BCUT2D eigenvalue weighted by Crippen LogP contribution is 2.14. The molecular weight excluding hydrogens is 260 g/mol. The Labute approximate surface area is 120 Å². The maximum absolute atomic E-state index is 5.27. The molecule has 0 bridgehead atoms. The lowest BCUT2D eigenvalue weighted by molar-refractivity contribution is -0.116. The van der Waals surface area contributed by atoms with E-state index in [-0.39, 0.29) is 12.3 Å². The summed E-state index contributed by atoms with van der Waals surface area (Å²) in [7, 11) is 3.21. The molecule has 0 radical (unpaired) electrons. The van der Waals surface area contributed by atoms with E-state index in [0.29, 0.717) is 5.11 Å². The van der Waals surface area contributed by atoms with E-state index in [1.807, 2.05) is 13.0 Å². The Morgan fingerprint density at radius 1 is 1.16 bits per heavy atom. The summed E-state index contributed by atoms with van der Waals surface area (Å²) in [5, 5.41) is 6.84. The number of hydrogen-bond donors (Lipinski definition) is 2. The van der Waals surface area contributed by atoms with Gasteiger partial charge in [-0.1, -0.05) is 6.07 Å². The minimum atomic E-state index is -0.334. The van der Waals surface area contributed by atoms with Crippen LogP contribution in [0.5, 0.6) is 0 Å². The lowest BCUT2D eigenvalue weighted by atomic mass is 10.1. The second-order valence-electron chi connectivity index (χ2n) is 4.53. The van der Waals surface area contributed by atoms with Crippen molar-refractivity contribution in [1.82, 2.24) is 5.32 Å². The molecule has 19 heavy (non-hydrogen) atoms. The molecule has 2 N–H and O–H groups in total. The monoisotopic (exact) mass is 282 g/mol. The molecule has 0 fully saturated rings. The van der Waals surface area contributed by atoms with Crippen LogP contribution in [0.3, 0.4) is 0 Å². The number of hydrogen-bond acceptors (Lipinski definition) is 3. The van der Waals surface area contributed by atoms with Crippen LogP contribution in [0.4, 0.5) is 5.69 Å². The predicted octanol–water partition coefficient (Wildman–Crippen LogP) is 2.60. The molecule has 1 rings (SSSR count). The van der Waals surface area contributed by atoms with Crippen molar-refractivity contribution < 1.29 is 9.47 Å². The van der Waals surface area contributed by atoms with Crippen LogP contribution in [0.25, 0.3) is 0 Å². The van der Waals surface area contributed by atoms with Gasteiger partial charge in [-0.05, 0) is 56.2 Å². The number of methoxy groups -OCH3 is 2. The molecule has 1 unspecified atom stereocenters. The largest absolute Gasteiger partial charge is 0.355 e. The van der Waals surface area contributed by atoms with Crippen LogP contribution >= 0.6 is 12.2 Å². The number of thiocarbonyl (C=S) groups is 1. The van der Waals surface area contributed by atoms with Crippen molar-refractivity contribution >= 4 is 23.0 Å². The Kier molecular flexibility index (Phi) is 6.21. The molecule has 1 aromatic rings. The summed E-state index contributed by atoms with van der Waals surface area (Å²) in [6.45, 7) is 6.11. The Morgan fingerprint density at radius 2 is 1.79 bits per heavy atom. The molecule has 0 aromatic heterocycles. The molecular formula is C14H22N2O2S. The predicted molar refractivity (Wildman–Crippen MR) is 82.5 cm³/mol. The van der Waals surface area contributed by atoms with Crippen molar-refractivity contribution in [2.24, 2.45) is 0 Å². The van der Waals surface area contributed by atoms with Gasteiger partial charge in [0.1, 0.15) is 0 Å². The molecule has 1 atom stereocenters. The molecule has 4 nitrogen and oxygen atoms in total. The van der Waals surface area contributed by atoms with E-state index < -0.39 is 0 Å². The van der Waals surface area contributed by atoms with Gasteiger partial charge in [-0.25, -0.2) is 0 Å². The van der Waals surface area contributed by atoms with Gasteiger partial charge in [0.2, 0.25) is 0 Å². The number of nitrogens with one attached hydrogen (secondary N) is 2. The topological polar surface area (TPSA) is 42.5 Å². The number of anilines is 1. The van der Waals surface area contributed by atoms with Crippen molar-refractivity contribution in [3.05, 3.63) is 29.3 Å². The Hall–Kier alpha value is -1.17. The third kappa shape index (κ3) is 4.78. The zero-order valence-electron chi connectivity index (χ0n) is 12.1. The summed E-state index contributed by atoms with van der Waals surface area (Å²) in [6, 6.07) is 6.10. The van der Waals surface area contributed by atoms with Crippen LogP contribution in [0.1, 0.15) is 18.1 Å². The Balaban J connectivity index is 2.57. The molecule has 1 aromatic carbocycles. The van der Waals surface area contributed by atoms with E-state index in [1.54, 1.807) is 14.2 Å². The molecule has 0 aliphatic carbocycles. The summed E-state index contributed by atoms with van der Waals surface area (Å²) in [5.74, 6) is 0. The molecule has 0 saturated carbocycles. The van der Waals surface area contributed by atoms with E-state index in [1.165, 1.54) is 11.1 Å². The second kappa shape index (κ2) is 7.43. The lowest BCUT2D eigenvalue weighted by Crippen LogP contribution is -2.44. The minimum Gasteiger partial charge on any atom is -0.355 e. The molecule has 0 aliphatic heterocycles. The quantitative estimate of drug-likeness (QED) is 0.642. The summed E-state index contributed by atoms with van der Waals surface area (Å²) in [4.78, 5) is 0. The van der Waals surface area contributed by atoms with E-state index in [9.17, 15) is 0 Å². The van der Waals surface area contributed by atoms with Crippen molar-refractivity contribution in [2.45, 2.75) is 33.1 Å². The van der Waals surface area contributed by atoms with Gasteiger partial charge in [-0.2, -0.15) is 0 Å². The number of rotatable bonds is 5. The summed E-state index contributed by atoms with van der Waals surface area (Å²) >= 11 is 5.27. The third-order valence-corrected chi connectivity index (χ3v) is 3.22. The van der Waals surface area contributed by atoms with Gasteiger partial charge in [0.25, 0.3) is 0 Å². The van der Waals surface area contributed by atoms with Crippen molar-refractivity contribution in [2.75, 3.05) is 19.5 Å². The zero-order chi connectivity index (χ0) is 14.4. The lowest BCUT2D eigenvalue weighted by Gasteiger charge is -2.23. The average Bonchev–Trinajstić information content (AvgIpc) is 2.35. The van der Waals surface area contributed by atoms with E-state index in [0.717, 1.165) is 5.69 Å². The maximum atomic E-state index is 5.27. The fourth-order valence-corrected chi connectivity index (χ4v) is 2.07. The highest BCUT2D eigenvalue weighted by molar-refractivity contribution is 7.80. The highest BCUT2D eigenvalue weighted by atomic mass is 32.1.